The second-order valence-corrected chi connectivity index (χ2v) is 5.27. The first kappa shape index (κ1) is 11.0. The van der Waals surface area contributed by atoms with Crippen molar-refractivity contribution in [2.24, 2.45) is 0 Å². The highest BCUT2D eigenvalue weighted by Crippen LogP contribution is 2.16. The van der Waals surface area contributed by atoms with E-state index in [0.717, 1.165) is 19.6 Å². The molecular formula is C9H15IN2O. The van der Waals surface area contributed by atoms with Gasteiger partial charge in [-0.1, -0.05) is 28.7 Å². The molecule has 1 fully saturated rings. The average molecular weight is 294 g/mol. The Morgan fingerprint density at radius 2 is 2.23 bits per heavy atom. The fourth-order valence-corrected chi connectivity index (χ4v) is 2.03. The largest absolute Gasteiger partial charge is 0.337 e. The molecule has 3 nitrogen and oxygen atoms in total. The molecule has 0 N–H and O–H groups in total. The SMILES string of the molecule is CN(C)C/C=C/C(=O)N1CC(I)C1. The van der Waals surface area contributed by atoms with Crippen LogP contribution in [0.3, 0.4) is 0 Å². The van der Waals surface area contributed by atoms with Gasteiger partial charge in [-0.15, -0.1) is 0 Å². The zero-order valence-corrected chi connectivity index (χ0v) is 10.2. The lowest BCUT2D eigenvalue weighted by Gasteiger charge is -2.35. The van der Waals surface area contributed by atoms with E-state index in [9.17, 15) is 4.79 Å². The van der Waals surface area contributed by atoms with E-state index in [1.165, 1.54) is 0 Å². The summed E-state index contributed by atoms with van der Waals surface area (Å²) in [7, 11) is 3.97. The average Bonchev–Trinajstić information content (AvgIpc) is 1.97. The molecule has 1 amide bonds. The monoisotopic (exact) mass is 294 g/mol. The molecule has 1 rings (SSSR count). The van der Waals surface area contributed by atoms with E-state index in [0.29, 0.717) is 3.92 Å². The number of rotatable bonds is 3. The van der Waals surface area contributed by atoms with Crippen LogP contribution in [0.4, 0.5) is 0 Å². The highest BCUT2D eigenvalue weighted by molar-refractivity contribution is 14.1. The summed E-state index contributed by atoms with van der Waals surface area (Å²) in [5, 5.41) is 0. The minimum atomic E-state index is 0.148. The number of hydrogen-bond donors (Lipinski definition) is 0. The number of halogens is 1. The van der Waals surface area contributed by atoms with Crippen molar-refractivity contribution < 1.29 is 4.79 Å². The van der Waals surface area contributed by atoms with Gasteiger partial charge in [-0.3, -0.25) is 4.79 Å². The van der Waals surface area contributed by atoms with Gasteiger partial charge in [0.05, 0.1) is 0 Å². The van der Waals surface area contributed by atoms with Crippen molar-refractivity contribution in [1.29, 1.82) is 0 Å². The third kappa shape index (κ3) is 3.64. The topological polar surface area (TPSA) is 23.6 Å². The highest BCUT2D eigenvalue weighted by Gasteiger charge is 2.26. The number of hydrogen-bond acceptors (Lipinski definition) is 2. The summed E-state index contributed by atoms with van der Waals surface area (Å²) in [5.74, 6) is 0.148. The number of likely N-dealkylation sites (N-methyl/N-ethyl adjacent to an activating group) is 1. The minimum Gasteiger partial charge on any atom is -0.337 e. The Bertz CT molecular complexity index is 210. The molecule has 0 spiro atoms. The molecule has 1 aliphatic rings. The molecule has 0 aliphatic carbocycles. The Morgan fingerprint density at radius 1 is 1.62 bits per heavy atom. The molecule has 0 aromatic heterocycles. The van der Waals surface area contributed by atoms with Crippen LogP contribution < -0.4 is 0 Å². The molecule has 0 radical (unpaired) electrons. The van der Waals surface area contributed by atoms with E-state index in [4.69, 9.17) is 0 Å². The van der Waals surface area contributed by atoms with E-state index in [1.54, 1.807) is 6.08 Å². The number of alkyl halides is 1. The summed E-state index contributed by atoms with van der Waals surface area (Å²) in [6, 6.07) is 0. The van der Waals surface area contributed by atoms with Crippen LogP contribution >= 0.6 is 22.6 Å². The molecule has 0 atom stereocenters. The molecule has 13 heavy (non-hydrogen) atoms. The van der Waals surface area contributed by atoms with Crippen LogP contribution in [0.1, 0.15) is 0 Å². The number of likely N-dealkylation sites (tertiary alicyclic amines) is 1. The van der Waals surface area contributed by atoms with E-state index >= 15 is 0 Å². The Hall–Kier alpha value is -0.100. The molecule has 4 heteroatoms. The molecule has 74 valence electrons. The smallest absolute Gasteiger partial charge is 0.246 e. The van der Waals surface area contributed by atoms with Crippen molar-refractivity contribution in [3.05, 3.63) is 12.2 Å². The van der Waals surface area contributed by atoms with Crippen molar-refractivity contribution in [2.75, 3.05) is 33.7 Å². The van der Waals surface area contributed by atoms with Crippen LogP contribution in [0.25, 0.3) is 0 Å². The molecule has 0 aromatic carbocycles. The minimum absolute atomic E-state index is 0.148. The zero-order valence-electron chi connectivity index (χ0n) is 8.03. The van der Waals surface area contributed by atoms with E-state index in [2.05, 4.69) is 22.6 Å². The lowest BCUT2D eigenvalue weighted by Crippen LogP contribution is -2.50. The van der Waals surface area contributed by atoms with Crippen molar-refractivity contribution in [2.45, 2.75) is 3.92 Å². The van der Waals surface area contributed by atoms with Gasteiger partial charge < -0.3 is 9.80 Å². The van der Waals surface area contributed by atoms with Gasteiger partial charge in [0.2, 0.25) is 5.91 Å². The third-order valence-electron chi connectivity index (χ3n) is 1.88. The molecule has 0 aromatic rings. The Kier molecular flexibility index (Phi) is 4.18. The van der Waals surface area contributed by atoms with Crippen LogP contribution in [-0.2, 0) is 4.79 Å². The van der Waals surface area contributed by atoms with Crippen LogP contribution in [0.5, 0.6) is 0 Å². The second-order valence-electron chi connectivity index (χ2n) is 3.51. The lowest BCUT2D eigenvalue weighted by atomic mass is 10.2. The summed E-state index contributed by atoms with van der Waals surface area (Å²) in [5.41, 5.74) is 0. The predicted molar refractivity (Wildman–Crippen MR) is 62.1 cm³/mol. The van der Waals surface area contributed by atoms with Crippen molar-refractivity contribution >= 4 is 28.5 Å². The molecule has 1 heterocycles. The van der Waals surface area contributed by atoms with Crippen LogP contribution in [0.2, 0.25) is 0 Å². The van der Waals surface area contributed by atoms with Crippen LogP contribution in [0.15, 0.2) is 12.2 Å². The lowest BCUT2D eigenvalue weighted by molar-refractivity contribution is -0.128. The first-order chi connectivity index (χ1) is 6.09. The van der Waals surface area contributed by atoms with Crippen molar-refractivity contribution in [3.8, 4) is 0 Å². The maximum absolute atomic E-state index is 11.4. The summed E-state index contributed by atoms with van der Waals surface area (Å²) in [6.45, 7) is 2.64. The van der Waals surface area contributed by atoms with Gasteiger partial charge in [0, 0.05) is 29.6 Å². The number of carbonyl (C=O) groups is 1. The molecule has 0 unspecified atom stereocenters. The second kappa shape index (κ2) is 4.95. The fraction of sp³-hybridized carbons (Fsp3) is 0.667. The van der Waals surface area contributed by atoms with Crippen molar-refractivity contribution in [3.63, 3.8) is 0 Å². The Morgan fingerprint density at radius 3 is 2.69 bits per heavy atom. The van der Waals surface area contributed by atoms with E-state index in [1.807, 2.05) is 30.0 Å². The van der Waals surface area contributed by atoms with Crippen molar-refractivity contribution in [1.82, 2.24) is 9.80 Å². The van der Waals surface area contributed by atoms with Gasteiger partial charge in [-0.2, -0.15) is 0 Å². The summed E-state index contributed by atoms with van der Waals surface area (Å²) < 4.78 is 0.656. The highest BCUT2D eigenvalue weighted by atomic mass is 127. The fourth-order valence-electron chi connectivity index (χ4n) is 1.07. The molecule has 1 aliphatic heterocycles. The molecule has 1 saturated heterocycles. The predicted octanol–water partition coefficient (Wildman–Crippen LogP) is 0.750. The summed E-state index contributed by atoms with van der Waals surface area (Å²) >= 11 is 2.36. The molecule has 0 saturated carbocycles. The van der Waals surface area contributed by atoms with Crippen LogP contribution in [0, 0.1) is 0 Å². The Labute approximate surface area is 92.9 Å². The van der Waals surface area contributed by atoms with E-state index < -0.39 is 0 Å². The Balaban J connectivity index is 2.21. The van der Waals surface area contributed by atoms with Crippen LogP contribution in [-0.4, -0.2) is 53.4 Å². The quantitative estimate of drug-likeness (QED) is 0.436. The number of nitrogens with zero attached hydrogens (tertiary/aromatic N) is 2. The number of carbonyl (C=O) groups excluding carboxylic acids is 1. The van der Waals surface area contributed by atoms with Gasteiger partial charge in [-0.25, -0.2) is 0 Å². The first-order valence-electron chi connectivity index (χ1n) is 4.34. The van der Waals surface area contributed by atoms with Gasteiger partial charge in [0.15, 0.2) is 0 Å². The number of amides is 1. The maximum Gasteiger partial charge on any atom is 0.246 e. The normalized spacial score (nSPS) is 18.3. The van der Waals surface area contributed by atoms with Gasteiger partial charge in [0.1, 0.15) is 0 Å². The van der Waals surface area contributed by atoms with Gasteiger partial charge >= 0.3 is 0 Å². The summed E-state index contributed by atoms with van der Waals surface area (Å²) in [4.78, 5) is 15.3. The molecule has 0 bridgehead atoms. The van der Waals surface area contributed by atoms with Gasteiger partial charge in [-0.05, 0) is 14.1 Å². The van der Waals surface area contributed by atoms with Gasteiger partial charge in [0.25, 0.3) is 0 Å². The maximum atomic E-state index is 11.4. The summed E-state index contributed by atoms with van der Waals surface area (Å²) in [6.07, 6.45) is 3.57. The standard InChI is InChI=1S/C9H15IN2O/c1-11(2)5-3-4-9(13)12-6-8(10)7-12/h3-4,8H,5-7H2,1-2H3/b4-3+. The third-order valence-corrected chi connectivity index (χ3v) is 2.67. The zero-order chi connectivity index (χ0) is 9.84. The van der Waals surface area contributed by atoms with E-state index in [-0.39, 0.29) is 5.91 Å². The molecular weight excluding hydrogens is 279 g/mol. The first-order valence-corrected chi connectivity index (χ1v) is 5.58.